The topological polar surface area (TPSA) is 82.2 Å². The number of nitrogens with two attached hydrogens (primary N) is 1. The molecule has 0 saturated heterocycles. The number of hydrogen-bond donors (Lipinski definition) is 1. The smallest absolute Gasteiger partial charge is 0.254 e. The number of nitrogens with zero attached hydrogens (tertiary/aromatic N) is 4. The van der Waals surface area contributed by atoms with Gasteiger partial charge in [-0.05, 0) is 37.6 Å². The predicted octanol–water partition coefficient (Wildman–Crippen LogP) is 3.99. The number of hydrogen-bond acceptors (Lipinski definition) is 6. The van der Waals surface area contributed by atoms with E-state index in [1.54, 1.807) is 22.5 Å². The largest absolute Gasteiger partial charge is 0.461 e. The molecule has 126 valence electrons. The van der Waals surface area contributed by atoms with Gasteiger partial charge in [0.2, 0.25) is 5.82 Å². The van der Waals surface area contributed by atoms with E-state index in [1.807, 2.05) is 43.3 Å². The van der Waals surface area contributed by atoms with Crippen LogP contribution in [0.4, 0.5) is 5.69 Å². The van der Waals surface area contributed by atoms with Crippen molar-refractivity contribution in [3.63, 3.8) is 0 Å². The van der Waals surface area contributed by atoms with E-state index in [1.165, 1.54) is 0 Å². The van der Waals surface area contributed by atoms with Crippen molar-refractivity contribution < 1.29 is 4.42 Å². The fourth-order valence-corrected chi connectivity index (χ4v) is 3.88. The van der Waals surface area contributed by atoms with Gasteiger partial charge in [0.05, 0.1) is 6.26 Å². The van der Waals surface area contributed by atoms with Crippen LogP contribution >= 0.6 is 11.8 Å². The van der Waals surface area contributed by atoms with E-state index in [9.17, 15) is 0 Å². The molecule has 0 spiro atoms. The van der Waals surface area contributed by atoms with E-state index >= 15 is 0 Å². The summed E-state index contributed by atoms with van der Waals surface area (Å²) in [7, 11) is 0. The van der Waals surface area contributed by atoms with Gasteiger partial charge in [0, 0.05) is 21.8 Å². The summed E-state index contributed by atoms with van der Waals surface area (Å²) in [4.78, 5) is 10.1. The van der Waals surface area contributed by atoms with Crippen molar-refractivity contribution in [2.45, 2.75) is 30.2 Å². The molecule has 6 nitrogen and oxygen atoms in total. The van der Waals surface area contributed by atoms with Crippen molar-refractivity contribution in [3.05, 3.63) is 53.9 Å². The Kier molecular flexibility index (Phi) is 3.93. The first kappa shape index (κ1) is 15.7. The minimum absolute atomic E-state index is 0.521. The van der Waals surface area contributed by atoms with E-state index in [4.69, 9.17) is 10.2 Å². The summed E-state index contributed by atoms with van der Waals surface area (Å²) >= 11 is 1.58. The lowest BCUT2D eigenvalue weighted by molar-refractivity contribution is 0.577. The normalized spacial score (nSPS) is 11.3. The van der Waals surface area contributed by atoms with E-state index in [0.717, 1.165) is 33.3 Å². The molecular weight excluding hydrogens is 334 g/mol. The Morgan fingerprint density at radius 1 is 1.16 bits per heavy atom. The van der Waals surface area contributed by atoms with Crippen LogP contribution in [0.15, 0.2) is 57.0 Å². The van der Waals surface area contributed by atoms with Gasteiger partial charge in [-0.3, -0.25) is 0 Å². The van der Waals surface area contributed by atoms with E-state index < -0.39 is 0 Å². The van der Waals surface area contributed by atoms with Gasteiger partial charge in [0.1, 0.15) is 5.03 Å². The van der Waals surface area contributed by atoms with Gasteiger partial charge in [-0.25, -0.2) is 4.98 Å². The van der Waals surface area contributed by atoms with Crippen LogP contribution in [0, 0.1) is 6.92 Å². The zero-order valence-electron chi connectivity index (χ0n) is 13.9. The molecule has 3 aromatic heterocycles. The van der Waals surface area contributed by atoms with E-state index in [-0.39, 0.29) is 0 Å². The summed E-state index contributed by atoms with van der Waals surface area (Å²) in [6.45, 7) is 4.11. The van der Waals surface area contributed by atoms with Crippen molar-refractivity contribution in [2.24, 2.45) is 0 Å². The van der Waals surface area contributed by atoms with E-state index in [0.29, 0.717) is 17.4 Å². The van der Waals surface area contributed by atoms with Crippen LogP contribution in [-0.4, -0.2) is 19.6 Å². The highest BCUT2D eigenvalue weighted by molar-refractivity contribution is 7.99. The molecule has 4 aromatic rings. The SMILES string of the molecule is CCc1c(C)nc2nc(-c3ccco3)nn2c1Sc1ccccc1N. The lowest BCUT2D eigenvalue weighted by Gasteiger charge is -2.12. The lowest BCUT2D eigenvalue weighted by atomic mass is 10.2. The van der Waals surface area contributed by atoms with Gasteiger partial charge in [0.25, 0.3) is 5.78 Å². The Morgan fingerprint density at radius 2 is 2.00 bits per heavy atom. The molecule has 0 saturated carbocycles. The maximum absolute atomic E-state index is 6.13. The first-order valence-corrected chi connectivity index (χ1v) is 8.81. The molecule has 4 rings (SSSR count). The Morgan fingerprint density at radius 3 is 2.72 bits per heavy atom. The maximum Gasteiger partial charge on any atom is 0.254 e. The van der Waals surface area contributed by atoms with Crippen LogP contribution < -0.4 is 5.73 Å². The number of furan rings is 1. The summed E-state index contributed by atoms with van der Waals surface area (Å²) in [5, 5.41) is 5.60. The van der Waals surface area contributed by atoms with Crippen LogP contribution in [0.5, 0.6) is 0 Å². The van der Waals surface area contributed by atoms with Crippen molar-refractivity contribution >= 4 is 23.2 Å². The minimum atomic E-state index is 0.521. The summed E-state index contributed by atoms with van der Waals surface area (Å²) in [5.74, 6) is 1.70. The van der Waals surface area contributed by atoms with Crippen LogP contribution in [0.2, 0.25) is 0 Å². The number of benzene rings is 1. The summed E-state index contributed by atoms with van der Waals surface area (Å²) in [5.41, 5.74) is 8.95. The number of aromatic nitrogens is 4. The van der Waals surface area contributed by atoms with Crippen LogP contribution in [0.1, 0.15) is 18.2 Å². The lowest BCUT2D eigenvalue weighted by Crippen LogP contribution is -2.04. The zero-order chi connectivity index (χ0) is 17.4. The molecule has 0 radical (unpaired) electrons. The minimum Gasteiger partial charge on any atom is -0.461 e. The quantitative estimate of drug-likeness (QED) is 0.442. The molecule has 0 unspecified atom stereocenters. The average Bonchev–Trinajstić information content (AvgIpc) is 3.26. The molecule has 7 heteroatoms. The molecule has 2 N–H and O–H groups in total. The van der Waals surface area contributed by atoms with Crippen molar-refractivity contribution in [1.29, 1.82) is 0 Å². The van der Waals surface area contributed by atoms with Gasteiger partial charge >= 0.3 is 0 Å². The van der Waals surface area contributed by atoms with Gasteiger partial charge in [-0.2, -0.15) is 9.50 Å². The number of aryl methyl sites for hydroxylation is 1. The fourth-order valence-electron chi connectivity index (χ4n) is 2.71. The third-order valence-electron chi connectivity index (χ3n) is 3.97. The molecule has 0 bridgehead atoms. The third-order valence-corrected chi connectivity index (χ3v) is 5.17. The van der Waals surface area contributed by atoms with Crippen LogP contribution in [0.25, 0.3) is 17.4 Å². The van der Waals surface area contributed by atoms with Gasteiger partial charge < -0.3 is 10.2 Å². The molecule has 0 aliphatic rings. The standard InChI is InChI=1S/C18H17N5OS/c1-3-12-11(2)20-18-21-16(14-8-6-10-24-14)22-23(18)17(12)25-15-9-5-4-7-13(15)19/h4-10H,3,19H2,1-2H3. The molecule has 3 heterocycles. The molecule has 1 aromatic carbocycles. The number of rotatable bonds is 4. The summed E-state index contributed by atoms with van der Waals surface area (Å²) in [6, 6.07) is 11.5. The van der Waals surface area contributed by atoms with Crippen molar-refractivity contribution in [1.82, 2.24) is 19.6 Å². The Balaban J connectivity index is 1.92. The van der Waals surface area contributed by atoms with Gasteiger partial charge in [0.15, 0.2) is 5.76 Å². The number of para-hydroxylation sites is 1. The zero-order valence-corrected chi connectivity index (χ0v) is 14.7. The Hall–Kier alpha value is -2.80. The Labute approximate surface area is 149 Å². The second-order valence-electron chi connectivity index (χ2n) is 5.60. The predicted molar refractivity (Wildman–Crippen MR) is 97.6 cm³/mol. The maximum atomic E-state index is 6.13. The number of nitrogen functional groups attached to an aromatic ring is 1. The molecule has 25 heavy (non-hydrogen) atoms. The highest BCUT2D eigenvalue weighted by Gasteiger charge is 2.18. The Bertz CT molecular complexity index is 1040. The summed E-state index contributed by atoms with van der Waals surface area (Å²) < 4.78 is 7.20. The summed E-state index contributed by atoms with van der Waals surface area (Å²) in [6.07, 6.45) is 2.46. The first-order valence-electron chi connectivity index (χ1n) is 8.00. The van der Waals surface area contributed by atoms with E-state index in [2.05, 4.69) is 22.0 Å². The molecular formula is C18H17N5OS. The molecule has 0 atom stereocenters. The van der Waals surface area contributed by atoms with Gasteiger partial charge in [-0.1, -0.05) is 30.8 Å². The molecule has 0 aliphatic heterocycles. The van der Waals surface area contributed by atoms with Crippen LogP contribution in [-0.2, 0) is 6.42 Å². The second kappa shape index (κ2) is 6.25. The number of fused-ring (bicyclic) bond motifs is 1. The first-order chi connectivity index (χ1) is 12.2. The monoisotopic (exact) mass is 351 g/mol. The molecule has 0 amide bonds. The third kappa shape index (κ3) is 2.76. The van der Waals surface area contributed by atoms with Crippen LogP contribution in [0.3, 0.4) is 0 Å². The highest BCUT2D eigenvalue weighted by Crippen LogP contribution is 2.35. The fraction of sp³-hybridized carbons (Fsp3) is 0.167. The molecule has 0 aliphatic carbocycles. The highest BCUT2D eigenvalue weighted by atomic mass is 32.2. The average molecular weight is 351 g/mol. The molecule has 0 fully saturated rings. The second-order valence-corrected chi connectivity index (χ2v) is 6.63. The van der Waals surface area contributed by atoms with Gasteiger partial charge in [-0.15, -0.1) is 5.10 Å². The van der Waals surface area contributed by atoms with Crippen molar-refractivity contribution in [3.8, 4) is 11.6 Å². The van der Waals surface area contributed by atoms with Crippen molar-refractivity contribution in [2.75, 3.05) is 5.73 Å². The number of anilines is 1.